The van der Waals surface area contributed by atoms with Crippen LogP contribution in [-0.4, -0.2) is 12.1 Å². The molecule has 2 N–H and O–H groups in total. The van der Waals surface area contributed by atoms with Crippen molar-refractivity contribution < 1.29 is 4.74 Å². The molecule has 0 saturated heterocycles. The van der Waals surface area contributed by atoms with Gasteiger partial charge in [0.25, 0.3) is 0 Å². The molecule has 3 aromatic rings. The topological polar surface area (TPSA) is 71.9 Å². The molecular weight excluding hydrogens is 334 g/mol. The number of nitrogens with zero attached hydrogens (tertiary/aromatic N) is 2. The average Bonchev–Trinajstić information content (AvgIpc) is 2.66. The number of nitriles is 1. The van der Waals surface area contributed by atoms with Crippen LogP contribution in [0.25, 0.3) is 22.4 Å². The van der Waals surface area contributed by atoms with Crippen LogP contribution in [0.15, 0.2) is 54.6 Å². The summed E-state index contributed by atoms with van der Waals surface area (Å²) in [4.78, 5) is 4.44. The molecule has 0 aliphatic carbocycles. The summed E-state index contributed by atoms with van der Waals surface area (Å²) in [5.74, 6) is 0.930. The van der Waals surface area contributed by atoms with Gasteiger partial charge in [-0.3, -0.25) is 0 Å². The zero-order chi connectivity index (χ0) is 19.6. The Labute approximate surface area is 160 Å². The summed E-state index contributed by atoms with van der Waals surface area (Å²) >= 11 is 0. The van der Waals surface area contributed by atoms with Crippen molar-refractivity contribution in [2.45, 2.75) is 26.2 Å². The number of ether oxygens (including phenoxy) is 1. The number of pyridine rings is 1. The SMILES string of the molecule is COc1ccccc1-c1cc(-c2ccc(C(C)(C)C)cc2)c(C#N)c(N)n1. The predicted octanol–water partition coefficient (Wildman–Crippen LogP) is 5.18. The summed E-state index contributed by atoms with van der Waals surface area (Å²) < 4.78 is 5.45. The molecule has 0 saturated carbocycles. The summed E-state index contributed by atoms with van der Waals surface area (Å²) in [6.07, 6.45) is 0. The number of para-hydroxylation sites is 1. The lowest BCUT2D eigenvalue weighted by Gasteiger charge is -2.19. The number of nitrogens with two attached hydrogens (primary N) is 1. The highest BCUT2D eigenvalue weighted by Gasteiger charge is 2.17. The first-order valence-electron chi connectivity index (χ1n) is 8.80. The van der Waals surface area contributed by atoms with Gasteiger partial charge in [-0.15, -0.1) is 0 Å². The van der Waals surface area contributed by atoms with Gasteiger partial charge in [-0.2, -0.15) is 5.26 Å². The van der Waals surface area contributed by atoms with Crippen molar-refractivity contribution in [3.63, 3.8) is 0 Å². The van der Waals surface area contributed by atoms with Crippen molar-refractivity contribution in [1.29, 1.82) is 5.26 Å². The van der Waals surface area contributed by atoms with Crippen LogP contribution in [0.1, 0.15) is 31.9 Å². The van der Waals surface area contributed by atoms with Crippen molar-refractivity contribution in [3.8, 4) is 34.2 Å². The van der Waals surface area contributed by atoms with Crippen LogP contribution in [0.5, 0.6) is 5.75 Å². The number of hydrogen-bond donors (Lipinski definition) is 1. The van der Waals surface area contributed by atoms with Crippen LogP contribution >= 0.6 is 0 Å². The summed E-state index contributed by atoms with van der Waals surface area (Å²) in [5, 5.41) is 9.61. The van der Waals surface area contributed by atoms with E-state index in [0.29, 0.717) is 17.0 Å². The lowest BCUT2D eigenvalue weighted by molar-refractivity contribution is 0.416. The van der Waals surface area contributed by atoms with Gasteiger partial charge in [0.2, 0.25) is 0 Å². The maximum absolute atomic E-state index is 9.61. The van der Waals surface area contributed by atoms with E-state index >= 15 is 0 Å². The van der Waals surface area contributed by atoms with E-state index in [1.54, 1.807) is 7.11 Å². The molecule has 0 spiro atoms. The summed E-state index contributed by atoms with van der Waals surface area (Å²) in [6, 6.07) is 20.0. The van der Waals surface area contributed by atoms with Gasteiger partial charge in [0, 0.05) is 11.1 Å². The fourth-order valence-corrected chi connectivity index (χ4v) is 3.05. The minimum absolute atomic E-state index is 0.0659. The molecule has 0 atom stereocenters. The van der Waals surface area contributed by atoms with Crippen molar-refractivity contribution in [2.75, 3.05) is 12.8 Å². The first-order chi connectivity index (χ1) is 12.8. The lowest BCUT2D eigenvalue weighted by Crippen LogP contribution is -2.10. The highest BCUT2D eigenvalue weighted by Crippen LogP contribution is 2.35. The number of rotatable bonds is 3. The molecule has 4 heteroatoms. The van der Waals surface area contributed by atoms with E-state index in [-0.39, 0.29) is 11.2 Å². The number of hydrogen-bond acceptors (Lipinski definition) is 4. The molecule has 0 radical (unpaired) electrons. The largest absolute Gasteiger partial charge is 0.496 e. The Bertz CT molecular complexity index is 1010. The lowest BCUT2D eigenvalue weighted by atomic mass is 9.86. The van der Waals surface area contributed by atoms with Crippen LogP contribution in [0, 0.1) is 11.3 Å². The molecule has 0 aliphatic heterocycles. The zero-order valence-electron chi connectivity index (χ0n) is 16.1. The molecule has 0 unspecified atom stereocenters. The molecular formula is C23H23N3O. The molecule has 0 bridgehead atoms. The number of benzene rings is 2. The van der Waals surface area contributed by atoms with Crippen LogP contribution < -0.4 is 10.5 Å². The molecule has 4 nitrogen and oxygen atoms in total. The highest BCUT2D eigenvalue weighted by molar-refractivity contribution is 5.81. The maximum atomic E-state index is 9.61. The van der Waals surface area contributed by atoms with Crippen molar-refractivity contribution in [2.24, 2.45) is 0 Å². The van der Waals surface area contributed by atoms with Crippen LogP contribution in [0.3, 0.4) is 0 Å². The number of nitrogen functional groups attached to an aromatic ring is 1. The van der Waals surface area contributed by atoms with Crippen LogP contribution in [0.4, 0.5) is 5.82 Å². The predicted molar refractivity (Wildman–Crippen MR) is 109 cm³/mol. The third kappa shape index (κ3) is 3.63. The minimum Gasteiger partial charge on any atom is -0.496 e. The van der Waals surface area contributed by atoms with E-state index in [1.165, 1.54) is 5.56 Å². The Kier molecular flexibility index (Phi) is 4.87. The van der Waals surface area contributed by atoms with Crippen LogP contribution in [-0.2, 0) is 5.41 Å². The molecule has 1 heterocycles. The molecule has 1 aromatic heterocycles. The van der Waals surface area contributed by atoms with Gasteiger partial charge in [-0.25, -0.2) is 4.98 Å². The van der Waals surface area contributed by atoms with Gasteiger partial charge in [-0.05, 0) is 34.7 Å². The summed E-state index contributed by atoms with van der Waals surface area (Å²) in [6.45, 7) is 6.52. The Morgan fingerprint density at radius 3 is 2.26 bits per heavy atom. The van der Waals surface area contributed by atoms with Gasteiger partial charge in [0.15, 0.2) is 0 Å². The normalized spacial score (nSPS) is 11.1. The molecule has 2 aromatic carbocycles. The summed E-state index contributed by atoms with van der Waals surface area (Å²) in [7, 11) is 1.62. The van der Waals surface area contributed by atoms with Gasteiger partial charge < -0.3 is 10.5 Å². The van der Waals surface area contributed by atoms with Gasteiger partial charge in [0.05, 0.1) is 12.8 Å². The van der Waals surface area contributed by atoms with Crippen molar-refractivity contribution >= 4 is 5.82 Å². The van der Waals surface area contributed by atoms with Gasteiger partial charge >= 0.3 is 0 Å². The first-order valence-corrected chi connectivity index (χ1v) is 8.80. The minimum atomic E-state index is 0.0659. The van der Waals surface area contributed by atoms with E-state index in [2.05, 4.69) is 44.0 Å². The highest BCUT2D eigenvalue weighted by atomic mass is 16.5. The zero-order valence-corrected chi connectivity index (χ0v) is 16.1. The Morgan fingerprint density at radius 2 is 1.67 bits per heavy atom. The standard InChI is InChI=1S/C23H23N3O/c1-23(2,3)16-11-9-15(10-12-16)18-13-20(26-22(25)19(18)14-24)17-7-5-6-8-21(17)27-4/h5-13H,1-4H3,(H2,25,26). The molecule has 0 amide bonds. The first kappa shape index (κ1) is 18.5. The third-order valence-electron chi connectivity index (χ3n) is 4.60. The molecule has 3 rings (SSSR count). The fraction of sp³-hybridized carbons (Fsp3) is 0.217. The van der Waals surface area contributed by atoms with E-state index in [4.69, 9.17) is 10.5 Å². The van der Waals surface area contributed by atoms with Crippen molar-refractivity contribution in [3.05, 3.63) is 65.7 Å². The maximum Gasteiger partial charge on any atom is 0.142 e. The average molecular weight is 357 g/mol. The molecule has 0 aliphatic rings. The van der Waals surface area contributed by atoms with Crippen LogP contribution in [0.2, 0.25) is 0 Å². The molecule has 27 heavy (non-hydrogen) atoms. The van der Waals surface area contributed by atoms with E-state index < -0.39 is 0 Å². The second-order valence-electron chi connectivity index (χ2n) is 7.45. The number of anilines is 1. The number of methoxy groups -OCH3 is 1. The fourth-order valence-electron chi connectivity index (χ4n) is 3.05. The monoisotopic (exact) mass is 357 g/mol. The number of aromatic nitrogens is 1. The summed E-state index contributed by atoms with van der Waals surface area (Å²) in [5.41, 5.74) is 11.0. The second kappa shape index (κ2) is 7.13. The van der Waals surface area contributed by atoms with E-state index in [1.807, 2.05) is 42.5 Å². The Hall–Kier alpha value is -3.32. The Balaban J connectivity index is 2.18. The molecule has 0 fully saturated rings. The Morgan fingerprint density at radius 1 is 1.00 bits per heavy atom. The van der Waals surface area contributed by atoms with Gasteiger partial charge in [0.1, 0.15) is 23.2 Å². The van der Waals surface area contributed by atoms with Crippen molar-refractivity contribution in [1.82, 2.24) is 4.98 Å². The third-order valence-corrected chi connectivity index (χ3v) is 4.60. The van der Waals surface area contributed by atoms with Gasteiger partial charge in [-0.1, -0.05) is 57.2 Å². The van der Waals surface area contributed by atoms with E-state index in [9.17, 15) is 5.26 Å². The second-order valence-corrected chi connectivity index (χ2v) is 7.45. The smallest absolute Gasteiger partial charge is 0.142 e. The molecule has 136 valence electrons. The quantitative estimate of drug-likeness (QED) is 0.701. The van der Waals surface area contributed by atoms with E-state index in [0.717, 1.165) is 16.7 Å².